The molecule has 4 rings (SSSR count). The van der Waals surface area contributed by atoms with E-state index in [4.69, 9.17) is 23.7 Å². The smallest absolute Gasteiger partial charge is 0.305 e. The van der Waals surface area contributed by atoms with Crippen LogP contribution >= 0.6 is 0 Å². The van der Waals surface area contributed by atoms with Crippen molar-refractivity contribution < 1.29 is 28.5 Å². The van der Waals surface area contributed by atoms with Gasteiger partial charge in [0.15, 0.2) is 0 Å². The molecule has 0 unspecified atom stereocenters. The lowest BCUT2D eigenvalue weighted by Crippen LogP contribution is -2.63. The van der Waals surface area contributed by atoms with Crippen molar-refractivity contribution in [2.24, 2.45) is 52.3 Å². The molecule has 11 atom stereocenters. The van der Waals surface area contributed by atoms with Crippen molar-refractivity contribution in [3.63, 3.8) is 0 Å². The normalized spacial score (nSPS) is 44.0. The summed E-state index contributed by atoms with van der Waals surface area (Å²) in [6.07, 6.45) is 11.8. The van der Waals surface area contributed by atoms with Gasteiger partial charge in [-0.1, -0.05) is 34.1 Å². The third-order valence-electron chi connectivity index (χ3n) is 11.9. The second-order valence-corrected chi connectivity index (χ2v) is 13.3. The lowest BCUT2D eigenvalue weighted by molar-refractivity contribution is -0.239. The number of carbonyl (C=O) groups is 1. The van der Waals surface area contributed by atoms with Crippen molar-refractivity contribution in [2.45, 2.75) is 104 Å². The summed E-state index contributed by atoms with van der Waals surface area (Å²) in [5, 5.41) is 0. The molecule has 4 saturated carbocycles. The molecule has 37 heavy (non-hydrogen) atoms. The average molecular weight is 523 g/mol. The van der Waals surface area contributed by atoms with Gasteiger partial charge in [0, 0.05) is 20.6 Å². The summed E-state index contributed by atoms with van der Waals surface area (Å²) in [7, 11) is 4.96. The maximum atomic E-state index is 11.9. The van der Waals surface area contributed by atoms with Crippen LogP contribution in [0.5, 0.6) is 0 Å². The van der Waals surface area contributed by atoms with Crippen LogP contribution in [-0.2, 0) is 28.5 Å². The maximum absolute atomic E-state index is 11.9. The summed E-state index contributed by atoms with van der Waals surface area (Å²) in [6.45, 7) is 10.7. The average Bonchev–Trinajstić information content (AvgIpc) is 3.26. The maximum Gasteiger partial charge on any atom is 0.305 e. The molecule has 4 aliphatic rings. The summed E-state index contributed by atoms with van der Waals surface area (Å²) >= 11 is 0. The van der Waals surface area contributed by atoms with Gasteiger partial charge in [0.05, 0.1) is 19.3 Å². The summed E-state index contributed by atoms with van der Waals surface area (Å²) in [5.41, 5.74) is 0.646. The molecular weight excluding hydrogens is 468 g/mol. The lowest BCUT2D eigenvalue weighted by Gasteiger charge is -2.65. The van der Waals surface area contributed by atoms with Gasteiger partial charge in [-0.05, 0) is 104 Å². The van der Waals surface area contributed by atoms with E-state index >= 15 is 0 Å². The third-order valence-corrected chi connectivity index (χ3v) is 11.9. The van der Waals surface area contributed by atoms with Crippen molar-refractivity contribution in [2.75, 3.05) is 34.9 Å². The highest BCUT2D eigenvalue weighted by molar-refractivity contribution is 5.69. The van der Waals surface area contributed by atoms with Crippen LogP contribution < -0.4 is 0 Å². The zero-order chi connectivity index (χ0) is 26.8. The van der Waals surface area contributed by atoms with Crippen molar-refractivity contribution in [3.05, 3.63) is 0 Å². The van der Waals surface area contributed by atoms with E-state index in [1.807, 2.05) is 0 Å². The number of ether oxygens (including phenoxy) is 5. The predicted molar refractivity (Wildman–Crippen MR) is 144 cm³/mol. The molecule has 0 bridgehead atoms. The fourth-order valence-electron chi connectivity index (χ4n) is 10.2. The largest absolute Gasteiger partial charge is 0.469 e. The summed E-state index contributed by atoms with van der Waals surface area (Å²) in [4.78, 5) is 11.9. The molecule has 4 aliphatic carbocycles. The van der Waals surface area contributed by atoms with Gasteiger partial charge in [-0.3, -0.25) is 4.79 Å². The van der Waals surface area contributed by atoms with Gasteiger partial charge < -0.3 is 23.7 Å². The molecule has 6 nitrogen and oxygen atoms in total. The first kappa shape index (κ1) is 29.3. The Morgan fingerprint density at radius 3 is 2.24 bits per heavy atom. The molecule has 4 fully saturated rings. The highest BCUT2D eigenvalue weighted by Gasteiger charge is 2.65. The highest BCUT2D eigenvalue weighted by atomic mass is 16.7. The van der Waals surface area contributed by atoms with Crippen molar-refractivity contribution in [1.82, 2.24) is 0 Å². The van der Waals surface area contributed by atoms with Crippen LogP contribution in [0.25, 0.3) is 0 Å². The standard InChI is InChI=1S/C31H54O6/c1-8-22-26-17-21(36-18-33-5)13-15-31(26,4)25-14-16-30(3)23(20(2)9-12-27(32)35-7)10-11-24(30)28(25)29(22)37-19-34-6/h20-26,28-29H,8-19H2,1-7H3/t20-,21-,22-,23-,24+,25+,26+,28+,29-,30-,31-/m1/s1. The van der Waals surface area contributed by atoms with Crippen molar-refractivity contribution in [3.8, 4) is 0 Å². The van der Waals surface area contributed by atoms with Crippen LogP contribution in [0.1, 0.15) is 91.9 Å². The summed E-state index contributed by atoms with van der Waals surface area (Å²) in [6, 6.07) is 0. The summed E-state index contributed by atoms with van der Waals surface area (Å²) in [5.74, 6) is 4.19. The molecule has 0 aromatic carbocycles. The molecule has 214 valence electrons. The van der Waals surface area contributed by atoms with Crippen LogP contribution in [0, 0.1) is 52.3 Å². The van der Waals surface area contributed by atoms with E-state index in [1.165, 1.54) is 39.2 Å². The zero-order valence-electron chi connectivity index (χ0n) is 24.6. The minimum Gasteiger partial charge on any atom is -0.469 e. The fraction of sp³-hybridized carbons (Fsp3) is 0.968. The summed E-state index contributed by atoms with van der Waals surface area (Å²) < 4.78 is 28.5. The Morgan fingerprint density at radius 1 is 0.892 bits per heavy atom. The third kappa shape index (κ3) is 5.38. The topological polar surface area (TPSA) is 63.2 Å². The minimum absolute atomic E-state index is 0.0783. The molecule has 0 heterocycles. The van der Waals surface area contributed by atoms with E-state index in [0.717, 1.165) is 25.7 Å². The number of fused-ring (bicyclic) bond motifs is 5. The van der Waals surface area contributed by atoms with E-state index in [2.05, 4.69) is 27.7 Å². The Hall–Kier alpha value is -0.690. The molecule has 0 N–H and O–H groups in total. The number of hydrogen-bond acceptors (Lipinski definition) is 6. The molecule has 0 aromatic rings. The van der Waals surface area contributed by atoms with Gasteiger partial charge in [0.1, 0.15) is 13.6 Å². The van der Waals surface area contributed by atoms with Gasteiger partial charge in [-0.15, -0.1) is 0 Å². The second kappa shape index (κ2) is 12.2. The highest BCUT2D eigenvalue weighted by Crippen LogP contribution is 2.70. The zero-order valence-corrected chi connectivity index (χ0v) is 24.6. The van der Waals surface area contributed by atoms with Crippen LogP contribution in [-0.4, -0.2) is 53.1 Å². The molecular formula is C31H54O6. The number of hydrogen-bond donors (Lipinski definition) is 0. The number of methoxy groups -OCH3 is 3. The molecule has 0 saturated heterocycles. The lowest BCUT2D eigenvalue weighted by atomic mass is 9.41. The predicted octanol–water partition coefficient (Wildman–Crippen LogP) is 6.46. The Balaban J connectivity index is 1.61. The first-order valence-corrected chi connectivity index (χ1v) is 15.0. The van der Waals surface area contributed by atoms with Gasteiger partial charge in [0.2, 0.25) is 0 Å². The first-order chi connectivity index (χ1) is 17.7. The van der Waals surface area contributed by atoms with E-state index in [-0.39, 0.29) is 18.2 Å². The minimum atomic E-state index is -0.0783. The fourth-order valence-corrected chi connectivity index (χ4v) is 10.2. The van der Waals surface area contributed by atoms with Gasteiger partial charge in [0.25, 0.3) is 0 Å². The Bertz CT molecular complexity index is 758. The monoisotopic (exact) mass is 522 g/mol. The molecule has 0 radical (unpaired) electrons. The molecule has 0 aliphatic heterocycles. The number of carbonyl (C=O) groups excluding carboxylic acids is 1. The van der Waals surface area contributed by atoms with Gasteiger partial charge in [-0.25, -0.2) is 0 Å². The first-order valence-electron chi connectivity index (χ1n) is 15.0. The second-order valence-electron chi connectivity index (χ2n) is 13.3. The van der Waals surface area contributed by atoms with Crippen LogP contribution in [0.2, 0.25) is 0 Å². The van der Waals surface area contributed by atoms with E-state index < -0.39 is 0 Å². The van der Waals surface area contributed by atoms with E-state index in [9.17, 15) is 4.79 Å². The van der Waals surface area contributed by atoms with Crippen LogP contribution in [0.4, 0.5) is 0 Å². The van der Waals surface area contributed by atoms with Crippen LogP contribution in [0.15, 0.2) is 0 Å². The van der Waals surface area contributed by atoms with E-state index in [0.29, 0.717) is 72.3 Å². The van der Waals surface area contributed by atoms with Crippen LogP contribution in [0.3, 0.4) is 0 Å². The number of rotatable bonds is 11. The van der Waals surface area contributed by atoms with E-state index in [1.54, 1.807) is 14.2 Å². The Morgan fingerprint density at radius 2 is 1.57 bits per heavy atom. The Kier molecular flexibility index (Phi) is 9.68. The molecule has 0 amide bonds. The SMILES string of the molecule is CC[C@H]1[C@@H](OCOC)[C@@H]2[C@H](CC[C@]3(C)[C@@H]([C@H](C)CCC(=O)OC)CC[C@@H]23)[C@@]2(C)CC[C@@H](OCOC)C[C@@H]12. The van der Waals surface area contributed by atoms with Crippen molar-refractivity contribution in [1.29, 1.82) is 0 Å². The van der Waals surface area contributed by atoms with Gasteiger partial charge in [-0.2, -0.15) is 0 Å². The quantitative estimate of drug-likeness (QED) is 0.229. The van der Waals surface area contributed by atoms with Gasteiger partial charge >= 0.3 is 5.97 Å². The molecule has 0 spiro atoms. The number of esters is 1. The molecule has 0 aromatic heterocycles. The Labute approximate surface area is 225 Å². The van der Waals surface area contributed by atoms with Crippen molar-refractivity contribution >= 4 is 5.97 Å². The molecule has 6 heteroatoms.